The van der Waals surface area contributed by atoms with Crippen LogP contribution in [-0.4, -0.2) is 26.6 Å². The Labute approximate surface area is 160 Å². The number of nitrogens with one attached hydrogen (secondary N) is 1. The normalized spacial score (nSPS) is 12.5. The second kappa shape index (κ2) is 7.68. The van der Waals surface area contributed by atoms with Crippen LogP contribution in [-0.2, 0) is 14.8 Å². The van der Waals surface area contributed by atoms with Crippen LogP contribution in [0.3, 0.4) is 0 Å². The Hall–Kier alpha value is -2.05. The van der Waals surface area contributed by atoms with E-state index < -0.39 is 22.0 Å². The van der Waals surface area contributed by atoms with Crippen molar-refractivity contribution in [2.24, 2.45) is 0 Å². The first-order chi connectivity index (χ1) is 12.0. The molecule has 0 aliphatic rings. The third-order valence-corrected chi connectivity index (χ3v) is 5.92. The molecule has 0 saturated carbocycles. The number of carbonyl (C=O) groups is 1. The summed E-state index contributed by atoms with van der Waals surface area (Å²) in [4.78, 5) is 12.7. The zero-order chi connectivity index (χ0) is 19.6. The Kier molecular flexibility index (Phi) is 5.98. The van der Waals surface area contributed by atoms with E-state index >= 15 is 0 Å². The molecule has 0 radical (unpaired) electrons. The molecular formula is C19H23ClN2O3S. The van der Waals surface area contributed by atoms with E-state index in [1.165, 1.54) is 0 Å². The fraction of sp³-hybridized carbons (Fsp3) is 0.316. The molecule has 5 nitrogen and oxygen atoms in total. The third kappa shape index (κ3) is 4.56. The van der Waals surface area contributed by atoms with E-state index in [1.54, 1.807) is 31.2 Å². The van der Waals surface area contributed by atoms with Gasteiger partial charge in [0, 0.05) is 10.7 Å². The van der Waals surface area contributed by atoms with Crippen molar-refractivity contribution in [2.45, 2.75) is 33.7 Å². The predicted octanol–water partition coefficient (Wildman–Crippen LogP) is 4.06. The summed E-state index contributed by atoms with van der Waals surface area (Å²) in [5.41, 5.74) is 3.96. The lowest BCUT2D eigenvalue weighted by Crippen LogP contribution is -2.45. The summed E-state index contributed by atoms with van der Waals surface area (Å²) in [6.07, 6.45) is 1.07. The van der Waals surface area contributed by atoms with E-state index in [1.807, 2.05) is 32.9 Å². The van der Waals surface area contributed by atoms with Gasteiger partial charge < -0.3 is 5.32 Å². The average Bonchev–Trinajstić information content (AvgIpc) is 2.53. The van der Waals surface area contributed by atoms with E-state index in [-0.39, 0.29) is 0 Å². The molecule has 0 aromatic heterocycles. The van der Waals surface area contributed by atoms with Crippen molar-refractivity contribution in [2.75, 3.05) is 15.9 Å². The van der Waals surface area contributed by atoms with Crippen LogP contribution in [0.1, 0.15) is 23.6 Å². The van der Waals surface area contributed by atoms with Crippen LogP contribution in [0.4, 0.5) is 11.4 Å². The van der Waals surface area contributed by atoms with Gasteiger partial charge in [-0.3, -0.25) is 9.10 Å². The van der Waals surface area contributed by atoms with E-state index in [9.17, 15) is 13.2 Å². The number of anilines is 2. The Morgan fingerprint density at radius 2 is 1.65 bits per heavy atom. The van der Waals surface area contributed by atoms with Crippen LogP contribution in [0.5, 0.6) is 0 Å². The number of benzene rings is 2. The number of halogens is 1. The Morgan fingerprint density at radius 3 is 2.19 bits per heavy atom. The lowest BCUT2D eigenvalue weighted by molar-refractivity contribution is -0.116. The zero-order valence-corrected chi connectivity index (χ0v) is 17.1. The predicted molar refractivity (Wildman–Crippen MR) is 108 cm³/mol. The van der Waals surface area contributed by atoms with E-state index in [0.717, 1.165) is 27.3 Å². The van der Waals surface area contributed by atoms with Gasteiger partial charge in [-0.05, 0) is 68.7 Å². The largest absolute Gasteiger partial charge is 0.324 e. The lowest BCUT2D eigenvalue weighted by atomic mass is 10.1. The molecule has 0 bridgehead atoms. The van der Waals surface area contributed by atoms with Gasteiger partial charge in [0.2, 0.25) is 15.9 Å². The highest BCUT2D eigenvalue weighted by molar-refractivity contribution is 7.92. The molecule has 1 N–H and O–H groups in total. The molecule has 1 amide bonds. The number of hydrogen-bond acceptors (Lipinski definition) is 3. The Morgan fingerprint density at radius 1 is 1.04 bits per heavy atom. The number of amides is 1. The minimum atomic E-state index is -3.69. The molecule has 26 heavy (non-hydrogen) atoms. The number of hydrogen-bond donors (Lipinski definition) is 1. The quantitative estimate of drug-likeness (QED) is 0.831. The SMILES string of the molecule is Cc1ccc(NC(=O)C(C)N(c2ccc(C)c(Cl)c2)S(C)(=O)=O)cc1C. The summed E-state index contributed by atoms with van der Waals surface area (Å²) in [5.74, 6) is -0.421. The molecule has 0 fully saturated rings. The highest BCUT2D eigenvalue weighted by Gasteiger charge is 2.29. The molecule has 1 atom stereocenters. The van der Waals surface area contributed by atoms with Crippen molar-refractivity contribution < 1.29 is 13.2 Å². The molecule has 140 valence electrons. The second-order valence-corrected chi connectivity index (χ2v) is 8.72. The van der Waals surface area contributed by atoms with Crippen LogP contribution in [0.2, 0.25) is 5.02 Å². The standard InChI is InChI=1S/C19H23ClN2O3S/c1-12-6-8-16(10-14(12)3)21-19(23)15(4)22(26(5,24)25)17-9-7-13(2)18(20)11-17/h6-11,15H,1-5H3,(H,21,23). The molecule has 2 rings (SSSR count). The average molecular weight is 395 g/mol. The number of sulfonamides is 1. The number of nitrogens with zero attached hydrogens (tertiary/aromatic N) is 1. The van der Waals surface area contributed by atoms with Crippen LogP contribution in [0.15, 0.2) is 36.4 Å². The van der Waals surface area contributed by atoms with E-state index in [4.69, 9.17) is 11.6 Å². The fourth-order valence-electron chi connectivity index (χ4n) is 2.59. The van der Waals surface area contributed by atoms with Crippen LogP contribution in [0.25, 0.3) is 0 Å². The van der Waals surface area contributed by atoms with Crippen molar-refractivity contribution in [1.29, 1.82) is 0 Å². The van der Waals surface area contributed by atoms with Crippen molar-refractivity contribution >= 4 is 38.9 Å². The van der Waals surface area contributed by atoms with Crippen LogP contribution >= 0.6 is 11.6 Å². The number of rotatable bonds is 5. The van der Waals surface area contributed by atoms with Gasteiger partial charge in [0.15, 0.2) is 0 Å². The molecule has 0 aliphatic carbocycles. The van der Waals surface area contributed by atoms with Gasteiger partial charge >= 0.3 is 0 Å². The van der Waals surface area contributed by atoms with Gasteiger partial charge in [0.05, 0.1) is 11.9 Å². The minimum absolute atomic E-state index is 0.353. The van der Waals surface area contributed by atoms with Gasteiger partial charge in [0.25, 0.3) is 0 Å². The lowest BCUT2D eigenvalue weighted by Gasteiger charge is -2.28. The molecule has 2 aromatic rings. The maximum atomic E-state index is 12.7. The van der Waals surface area contributed by atoms with Gasteiger partial charge in [0.1, 0.15) is 6.04 Å². The first-order valence-corrected chi connectivity index (χ1v) is 10.4. The monoisotopic (exact) mass is 394 g/mol. The topological polar surface area (TPSA) is 66.5 Å². The Balaban J connectivity index is 2.34. The van der Waals surface area contributed by atoms with Crippen molar-refractivity contribution in [3.8, 4) is 0 Å². The fourth-order valence-corrected chi connectivity index (χ4v) is 3.93. The van der Waals surface area contributed by atoms with Crippen LogP contribution < -0.4 is 9.62 Å². The molecule has 0 saturated heterocycles. The summed E-state index contributed by atoms with van der Waals surface area (Å²) >= 11 is 6.13. The first kappa shape index (κ1) is 20.3. The van der Waals surface area contributed by atoms with E-state index in [0.29, 0.717) is 16.4 Å². The smallest absolute Gasteiger partial charge is 0.247 e. The molecule has 1 unspecified atom stereocenters. The van der Waals surface area contributed by atoms with Crippen molar-refractivity contribution in [3.63, 3.8) is 0 Å². The van der Waals surface area contributed by atoms with E-state index in [2.05, 4.69) is 5.32 Å². The highest BCUT2D eigenvalue weighted by atomic mass is 35.5. The Bertz CT molecular complexity index is 942. The summed E-state index contributed by atoms with van der Waals surface area (Å²) in [7, 11) is -3.69. The second-order valence-electron chi connectivity index (χ2n) is 6.46. The molecule has 0 aliphatic heterocycles. The molecule has 7 heteroatoms. The van der Waals surface area contributed by atoms with Gasteiger partial charge in [-0.25, -0.2) is 8.42 Å². The third-order valence-electron chi connectivity index (χ3n) is 4.27. The molecule has 2 aromatic carbocycles. The minimum Gasteiger partial charge on any atom is -0.324 e. The highest BCUT2D eigenvalue weighted by Crippen LogP contribution is 2.27. The molecule has 0 heterocycles. The molecular weight excluding hydrogens is 372 g/mol. The van der Waals surface area contributed by atoms with Gasteiger partial charge in [-0.2, -0.15) is 0 Å². The maximum absolute atomic E-state index is 12.7. The van der Waals surface area contributed by atoms with Crippen LogP contribution in [0, 0.1) is 20.8 Å². The summed E-state index contributed by atoms with van der Waals surface area (Å²) in [6, 6.07) is 9.53. The summed E-state index contributed by atoms with van der Waals surface area (Å²) < 4.78 is 25.7. The van der Waals surface area contributed by atoms with Gasteiger partial charge in [-0.15, -0.1) is 0 Å². The van der Waals surface area contributed by atoms with Gasteiger partial charge in [-0.1, -0.05) is 23.7 Å². The maximum Gasteiger partial charge on any atom is 0.247 e. The molecule has 0 spiro atoms. The number of aryl methyl sites for hydroxylation is 3. The zero-order valence-electron chi connectivity index (χ0n) is 15.5. The summed E-state index contributed by atoms with van der Waals surface area (Å²) in [5, 5.41) is 3.22. The van der Waals surface area contributed by atoms with Crippen molar-refractivity contribution in [1.82, 2.24) is 0 Å². The summed E-state index contributed by atoms with van der Waals surface area (Å²) in [6.45, 7) is 7.31. The first-order valence-electron chi connectivity index (χ1n) is 8.14. The number of carbonyl (C=O) groups excluding carboxylic acids is 1. The van der Waals surface area contributed by atoms with Crippen molar-refractivity contribution in [3.05, 3.63) is 58.1 Å².